The molecule has 0 N–H and O–H groups in total. The third-order valence-corrected chi connectivity index (χ3v) is 7.55. The average Bonchev–Trinajstić information content (AvgIpc) is 3.20. The van der Waals surface area contributed by atoms with Crippen LogP contribution in [0.3, 0.4) is 0 Å². The maximum atomic E-state index is 13.9. The Morgan fingerprint density at radius 1 is 0.868 bits per heavy atom. The van der Waals surface area contributed by atoms with Crippen molar-refractivity contribution in [3.05, 3.63) is 96.7 Å². The van der Waals surface area contributed by atoms with Gasteiger partial charge >= 0.3 is 0 Å². The van der Waals surface area contributed by atoms with Crippen LogP contribution in [-0.2, 0) is 0 Å². The molecule has 1 unspecified atom stereocenters. The fraction of sp³-hybridized carbons (Fsp3) is 0.267. The molecule has 0 spiro atoms. The molecule has 8 heteroatoms. The Balaban J connectivity index is 1.68. The van der Waals surface area contributed by atoms with Gasteiger partial charge in [-0.25, -0.2) is 0 Å². The number of hydrogen-bond acceptors (Lipinski definition) is 5. The quantitative estimate of drug-likeness (QED) is 0.173. The van der Waals surface area contributed by atoms with E-state index in [1.165, 1.54) is 0 Å². The van der Waals surface area contributed by atoms with Crippen LogP contribution in [0.25, 0.3) is 11.0 Å². The lowest BCUT2D eigenvalue weighted by Gasteiger charge is -2.26. The summed E-state index contributed by atoms with van der Waals surface area (Å²) in [6.07, 6.45) is 3.15. The first-order valence-electron chi connectivity index (χ1n) is 12.7. The summed E-state index contributed by atoms with van der Waals surface area (Å²) in [5, 5.41) is 0.412. The van der Waals surface area contributed by atoms with Gasteiger partial charge in [0, 0.05) is 14.6 Å². The van der Waals surface area contributed by atoms with Crippen molar-refractivity contribution in [2.24, 2.45) is 0 Å². The van der Waals surface area contributed by atoms with E-state index in [4.69, 9.17) is 13.9 Å². The third kappa shape index (κ3) is 4.99. The minimum absolute atomic E-state index is 0.0515. The van der Waals surface area contributed by atoms with E-state index in [0.717, 1.165) is 33.8 Å². The number of halogens is 2. The van der Waals surface area contributed by atoms with Gasteiger partial charge in [0.15, 0.2) is 16.9 Å². The Morgan fingerprint density at radius 3 is 2.37 bits per heavy atom. The summed E-state index contributed by atoms with van der Waals surface area (Å²) in [4.78, 5) is 29.3. The van der Waals surface area contributed by atoms with Crippen molar-refractivity contribution in [2.75, 3.05) is 18.1 Å². The number of carbonyl (C=O) groups excluding carboxylic acids is 1. The summed E-state index contributed by atoms with van der Waals surface area (Å²) in [6.45, 7) is 5.10. The van der Waals surface area contributed by atoms with Crippen molar-refractivity contribution >= 4 is 54.4 Å². The normalized spacial score (nSPS) is 14.7. The Morgan fingerprint density at radius 2 is 1.63 bits per heavy atom. The van der Waals surface area contributed by atoms with E-state index in [1.54, 1.807) is 23.1 Å². The van der Waals surface area contributed by atoms with E-state index in [9.17, 15) is 9.59 Å². The van der Waals surface area contributed by atoms with Crippen LogP contribution in [0.15, 0.2) is 78.8 Å². The highest BCUT2D eigenvalue weighted by Crippen LogP contribution is 2.43. The maximum Gasteiger partial charge on any atom is 0.295 e. The van der Waals surface area contributed by atoms with Crippen LogP contribution < -0.4 is 19.8 Å². The smallest absolute Gasteiger partial charge is 0.295 e. The van der Waals surface area contributed by atoms with Crippen LogP contribution in [0, 0.1) is 0 Å². The van der Waals surface area contributed by atoms with Gasteiger partial charge in [-0.05, 0) is 73.5 Å². The Labute approximate surface area is 237 Å². The molecule has 2 heterocycles. The predicted octanol–water partition coefficient (Wildman–Crippen LogP) is 8.04. The molecule has 196 valence electrons. The first kappa shape index (κ1) is 26.5. The number of ether oxygens (including phenoxy) is 2. The van der Waals surface area contributed by atoms with E-state index < -0.39 is 6.04 Å². The van der Waals surface area contributed by atoms with Gasteiger partial charge in [0.25, 0.3) is 5.91 Å². The average molecular weight is 641 g/mol. The van der Waals surface area contributed by atoms with Crippen LogP contribution in [-0.4, -0.2) is 19.1 Å². The zero-order chi connectivity index (χ0) is 26.8. The second-order valence-corrected chi connectivity index (χ2v) is 10.9. The minimum atomic E-state index is -0.702. The van der Waals surface area contributed by atoms with E-state index in [2.05, 4.69) is 38.8 Å². The molecule has 1 aliphatic heterocycles. The van der Waals surface area contributed by atoms with E-state index in [0.29, 0.717) is 46.9 Å². The van der Waals surface area contributed by atoms with Gasteiger partial charge in [0.1, 0.15) is 5.58 Å². The van der Waals surface area contributed by atoms with Crippen LogP contribution in [0.5, 0.6) is 11.5 Å². The minimum Gasteiger partial charge on any atom is -0.490 e. The molecule has 0 saturated carbocycles. The summed E-state index contributed by atoms with van der Waals surface area (Å²) < 4.78 is 19.7. The van der Waals surface area contributed by atoms with Gasteiger partial charge in [0.2, 0.25) is 5.76 Å². The van der Waals surface area contributed by atoms with Crippen molar-refractivity contribution in [1.82, 2.24) is 0 Å². The number of anilines is 1. The molecule has 3 aromatic carbocycles. The summed E-state index contributed by atoms with van der Waals surface area (Å²) in [5.74, 6) is 0.898. The predicted molar refractivity (Wildman–Crippen MR) is 156 cm³/mol. The summed E-state index contributed by atoms with van der Waals surface area (Å²) in [7, 11) is 0. The molecule has 1 aliphatic rings. The van der Waals surface area contributed by atoms with E-state index in [1.807, 2.05) is 49.4 Å². The van der Waals surface area contributed by atoms with E-state index >= 15 is 0 Å². The summed E-state index contributed by atoms with van der Waals surface area (Å²) in [6, 6.07) is 17.5. The second kappa shape index (κ2) is 11.3. The number of carbonyl (C=O) groups is 1. The standard InChI is InChI=1S/C30H27Br2NO5/c1-3-5-6-15-37-24-13-7-18(16-25(24)36-4-2)27-26-28(34)22-17-20(32)10-14-23(22)38-29(26)30(35)33(27)21-11-8-19(31)9-12-21/h7-14,16-17,27H,3-6,15H2,1-2H3. The molecule has 0 saturated heterocycles. The fourth-order valence-electron chi connectivity index (χ4n) is 4.74. The van der Waals surface area contributed by atoms with Gasteiger partial charge in [-0.2, -0.15) is 0 Å². The molecule has 38 heavy (non-hydrogen) atoms. The van der Waals surface area contributed by atoms with Crippen molar-refractivity contribution in [3.63, 3.8) is 0 Å². The zero-order valence-corrected chi connectivity index (χ0v) is 24.3. The molecule has 1 atom stereocenters. The van der Waals surface area contributed by atoms with Crippen LogP contribution >= 0.6 is 31.9 Å². The Bertz CT molecular complexity index is 1550. The summed E-state index contributed by atoms with van der Waals surface area (Å²) >= 11 is 6.91. The molecule has 0 radical (unpaired) electrons. The Hall–Kier alpha value is -3.10. The fourth-order valence-corrected chi connectivity index (χ4v) is 5.37. The number of rotatable bonds is 9. The zero-order valence-electron chi connectivity index (χ0n) is 21.1. The maximum absolute atomic E-state index is 13.9. The lowest BCUT2D eigenvalue weighted by Crippen LogP contribution is -2.29. The molecule has 6 nitrogen and oxygen atoms in total. The largest absolute Gasteiger partial charge is 0.490 e. The molecular formula is C30H27Br2NO5. The lowest BCUT2D eigenvalue weighted by molar-refractivity contribution is 0.0971. The summed E-state index contributed by atoms with van der Waals surface area (Å²) in [5.41, 5.74) is 1.82. The molecule has 1 aromatic heterocycles. The first-order valence-corrected chi connectivity index (χ1v) is 14.3. The number of benzene rings is 3. The highest BCUT2D eigenvalue weighted by molar-refractivity contribution is 9.10. The van der Waals surface area contributed by atoms with Crippen LogP contribution in [0.4, 0.5) is 5.69 Å². The highest BCUT2D eigenvalue weighted by atomic mass is 79.9. The number of hydrogen-bond donors (Lipinski definition) is 0. The van der Waals surface area contributed by atoms with Gasteiger partial charge < -0.3 is 13.9 Å². The topological polar surface area (TPSA) is 69.0 Å². The van der Waals surface area contributed by atoms with Crippen molar-refractivity contribution < 1.29 is 18.7 Å². The second-order valence-electron chi connectivity index (χ2n) is 9.06. The molecule has 0 aliphatic carbocycles. The first-order chi connectivity index (χ1) is 18.4. The van der Waals surface area contributed by atoms with Crippen molar-refractivity contribution in [2.45, 2.75) is 39.2 Å². The third-order valence-electron chi connectivity index (χ3n) is 6.53. The Kier molecular flexibility index (Phi) is 7.91. The van der Waals surface area contributed by atoms with E-state index in [-0.39, 0.29) is 17.1 Å². The van der Waals surface area contributed by atoms with Crippen molar-refractivity contribution in [1.29, 1.82) is 0 Å². The van der Waals surface area contributed by atoms with Gasteiger partial charge in [-0.1, -0.05) is 57.7 Å². The number of unbranched alkanes of at least 4 members (excludes halogenated alkanes) is 2. The highest BCUT2D eigenvalue weighted by Gasteiger charge is 2.44. The molecule has 0 bridgehead atoms. The number of fused-ring (bicyclic) bond motifs is 2. The molecule has 1 amide bonds. The number of nitrogens with zero attached hydrogens (tertiary/aromatic N) is 1. The number of amides is 1. The van der Waals surface area contributed by atoms with Crippen molar-refractivity contribution in [3.8, 4) is 11.5 Å². The molecule has 4 aromatic rings. The molecule has 5 rings (SSSR count). The van der Waals surface area contributed by atoms with Gasteiger partial charge in [0.05, 0.1) is 30.2 Å². The van der Waals surface area contributed by atoms with Crippen LogP contribution in [0.1, 0.15) is 60.8 Å². The molecule has 0 fully saturated rings. The van der Waals surface area contributed by atoms with Gasteiger partial charge in [-0.15, -0.1) is 0 Å². The van der Waals surface area contributed by atoms with Gasteiger partial charge in [-0.3, -0.25) is 14.5 Å². The van der Waals surface area contributed by atoms with Crippen LogP contribution in [0.2, 0.25) is 0 Å². The lowest BCUT2D eigenvalue weighted by atomic mass is 9.97. The molecular weight excluding hydrogens is 614 g/mol. The monoisotopic (exact) mass is 639 g/mol. The SMILES string of the molecule is CCCCCOc1ccc(C2c3c(oc4ccc(Br)cc4c3=O)C(=O)N2c2ccc(Br)cc2)cc1OCC.